The van der Waals surface area contributed by atoms with E-state index in [2.05, 4.69) is 11.9 Å². The van der Waals surface area contributed by atoms with E-state index in [9.17, 15) is 4.79 Å². The molecule has 21 heavy (non-hydrogen) atoms. The molecule has 0 unspecified atom stereocenters. The molecule has 0 aromatic rings. The van der Waals surface area contributed by atoms with Crippen molar-refractivity contribution in [3.63, 3.8) is 0 Å². The average molecular weight is 305 g/mol. The maximum absolute atomic E-state index is 10.8. The highest BCUT2D eigenvalue weighted by Crippen LogP contribution is 1.83. The van der Waals surface area contributed by atoms with E-state index in [1.54, 1.807) is 7.11 Å². The first-order valence-electron chi connectivity index (χ1n) is 7.01. The van der Waals surface area contributed by atoms with Crippen LogP contribution < -0.4 is 5.32 Å². The van der Waals surface area contributed by atoms with Crippen LogP contribution in [0.25, 0.3) is 0 Å². The molecule has 0 aromatic carbocycles. The van der Waals surface area contributed by atoms with Gasteiger partial charge in [-0.2, -0.15) is 0 Å². The first-order chi connectivity index (χ1) is 10.3. The number of nitrogens with one attached hydrogen (secondary N) is 1. The summed E-state index contributed by atoms with van der Waals surface area (Å²) in [6.45, 7) is 8.61. The van der Waals surface area contributed by atoms with Crippen molar-refractivity contribution in [3.8, 4) is 0 Å². The zero-order valence-corrected chi connectivity index (χ0v) is 12.8. The molecule has 1 N–H and O–H groups in total. The van der Waals surface area contributed by atoms with Gasteiger partial charge in [0.2, 0.25) is 5.91 Å². The second-order valence-electron chi connectivity index (χ2n) is 3.94. The molecular formula is C14H27NO6. The summed E-state index contributed by atoms with van der Waals surface area (Å²) in [5, 5.41) is 2.61. The number of ether oxygens (including phenoxy) is 5. The summed E-state index contributed by atoms with van der Waals surface area (Å²) < 4.78 is 26.0. The Morgan fingerprint density at radius 2 is 1.29 bits per heavy atom. The van der Waals surface area contributed by atoms with Crippen molar-refractivity contribution in [1.29, 1.82) is 0 Å². The SMILES string of the molecule is C=CC(=O)NCCOCCOCCOCCOCCOC. The summed E-state index contributed by atoms with van der Waals surface area (Å²) >= 11 is 0. The summed E-state index contributed by atoms with van der Waals surface area (Å²) in [6.07, 6.45) is 1.23. The number of hydrogen-bond acceptors (Lipinski definition) is 6. The van der Waals surface area contributed by atoms with E-state index in [0.717, 1.165) is 0 Å². The fraction of sp³-hybridized carbons (Fsp3) is 0.786. The van der Waals surface area contributed by atoms with Gasteiger partial charge >= 0.3 is 0 Å². The molecule has 0 aliphatic carbocycles. The Kier molecular flexibility index (Phi) is 16.3. The van der Waals surface area contributed by atoms with Crippen LogP contribution in [0.4, 0.5) is 0 Å². The average Bonchev–Trinajstić information content (AvgIpc) is 2.50. The minimum Gasteiger partial charge on any atom is -0.382 e. The van der Waals surface area contributed by atoms with E-state index in [0.29, 0.717) is 66.0 Å². The van der Waals surface area contributed by atoms with E-state index >= 15 is 0 Å². The number of hydrogen-bond donors (Lipinski definition) is 1. The highest BCUT2D eigenvalue weighted by atomic mass is 16.6. The zero-order chi connectivity index (χ0) is 15.6. The van der Waals surface area contributed by atoms with Crippen LogP contribution in [-0.2, 0) is 28.5 Å². The number of carbonyl (C=O) groups is 1. The fourth-order valence-corrected chi connectivity index (χ4v) is 1.22. The second-order valence-corrected chi connectivity index (χ2v) is 3.94. The van der Waals surface area contributed by atoms with Crippen LogP contribution >= 0.6 is 0 Å². The van der Waals surface area contributed by atoms with Crippen LogP contribution in [0.1, 0.15) is 0 Å². The van der Waals surface area contributed by atoms with Crippen molar-refractivity contribution in [3.05, 3.63) is 12.7 Å². The molecule has 0 radical (unpaired) electrons. The van der Waals surface area contributed by atoms with Gasteiger partial charge in [-0.25, -0.2) is 0 Å². The van der Waals surface area contributed by atoms with Gasteiger partial charge in [-0.15, -0.1) is 0 Å². The van der Waals surface area contributed by atoms with Gasteiger partial charge in [0, 0.05) is 13.7 Å². The molecule has 0 aromatic heterocycles. The number of carbonyl (C=O) groups excluding carboxylic acids is 1. The lowest BCUT2D eigenvalue weighted by Gasteiger charge is -2.07. The molecule has 0 heterocycles. The summed E-state index contributed by atoms with van der Waals surface area (Å²) in [5.74, 6) is -0.196. The smallest absolute Gasteiger partial charge is 0.243 e. The van der Waals surface area contributed by atoms with E-state index in [-0.39, 0.29) is 5.91 Å². The van der Waals surface area contributed by atoms with E-state index < -0.39 is 0 Å². The Labute approximate surface area is 126 Å². The zero-order valence-electron chi connectivity index (χ0n) is 12.8. The van der Waals surface area contributed by atoms with E-state index in [1.807, 2.05) is 0 Å². The molecular weight excluding hydrogens is 278 g/mol. The van der Waals surface area contributed by atoms with Gasteiger partial charge in [0.25, 0.3) is 0 Å². The van der Waals surface area contributed by atoms with Crippen LogP contribution in [0, 0.1) is 0 Å². The monoisotopic (exact) mass is 305 g/mol. The second kappa shape index (κ2) is 17.1. The van der Waals surface area contributed by atoms with Crippen LogP contribution in [0.3, 0.4) is 0 Å². The molecule has 0 rings (SSSR count). The lowest BCUT2D eigenvalue weighted by molar-refractivity contribution is -0.116. The van der Waals surface area contributed by atoms with Crippen molar-refractivity contribution in [2.45, 2.75) is 0 Å². The van der Waals surface area contributed by atoms with Gasteiger partial charge in [0.1, 0.15) is 0 Å². The molecule has 1 amide bonds. The summed E-state index contributed by atoms with van der Waals surface area (Å²) in [4.78, 5) is 10.8. The molecule has 0 saturated heterocycles. The van der Waals surface area contributed by atoms with Gasteiger partial charge in [-0.1, -0.05) is 6.58 Å². The van der Waals surface area contributed by atoms with Crippen molar-refractivity contribution in [2.75, 3.05) is 73.1 Å². The summed E-state index contributed by atoms with van der Waals surface area (Å²) in [6, 6.07) is 0. The summed E-state index contributed by atoms with van der Waals surface area (Å²) in [7, 11) is 1.64. The quantitative estimate of drug-likeness (QED) is 0.320. The molecule has 0 spiro atoms. The predicted molar refractivity (Wildman–Crippen MR) is 78.4 cm³/mol. The molecule has 0 atom stereocenters. The van der Waals surface area contributed by atoms with Gasteiger partial charge < -0.3 is 29.0 Å². The van der Waals surface area contributed by atoms with Crippen molar-refractivity contribution >= 4 is 5.91 Å². The Morgan fingerprint density at radius 1 is 0.857 bits per heavy atom. The summed E-state index contributed by atoms with van der Waals surface area (Å²) in [5.41, 5.74) is 0. The van der Waals surface area contributed by atoms with Crippen LogP contribution in [0.15, 0.2) is 12.7 Å². The lowest BCUT2D eigenvalue weighted by Crippen LogP contribution is -2.25. The number of methoxy groups -OCH3 is 1. The molecule has 0 aliphatic heterocycles. The molecule has 7 heteroatoms. The Bertz CT molecular complexity index is 250. The van der Waals surface area contributed by atoms with Crippen molar-refractivity contribution < 1.29 is 28.5 Å². The van der Waals surface area contributed by atoms with Gasteiger partial charge in [0.15, 0.2) is 0 Å². The normalized spacial score (nSPS) is 10.5. The molecule has 0 saturated carbocycles. The number of amides is 1. The standard InChI is InChI=1S/C14H27NO6/c1-3-14(16)15-4-5-18-8-9-20-12-13-21-11-10-19-7-6-17-2/h3H,1,4-13H2,2H3,(H,15,16). The number of rotatable bonds is 16. The third-order valence-corrected chi connectivity index (χ3v) is 2.28. The van der Waals surface area contributed by atoms with Gasteiger partial charge in [-0.3, -0.25) is 4.79 Å². The first kappa shape index (κ1) is 20.0. The maximum Gasteiger partial charge on any atom is 0.243 e. The van der Waals surface area contributed by atoms with Crippen LogP contribution in [-0.4, -0.2) is 79.0 Å². The minimum absolute atomic E-state index is 0.196. The molecule has 0 bridgehead atoms. The highest BCUT2D eigenvalue weighted by molar-refractivity contribution is 5.86. The van der Waals surface area contributed by atoms with Gasteiger partial charge in [-0.05, 0) is 6.08 Å². The van der Waals surface area contributed by atoms with E-state index in [1.165, 1.54) is 6.08 Å². The first-order valence-corrected chi connectivity index (χ1v) is 7.01. The highest BCUT2D eigenvalue weighted by Gasteiger charge is 1.94. The lowest BCUT2D eigenvalue weighted by atomic mass is 10.5. The van der Waals surface area contributed by atoms with Crippen LogP contribution in [0.5, 0.6) is 0 Å². The Balaban J connectivity index is 2.99. The van der Waals surface area contributed by atoms with Crippen molar-refractivity contribution in [2.24, 2.45) is 0 Å². The molecule has 0 fully saturated rings. The Morgan fingerprint density at radius 3 is 1.71 bits per heavy atom. The van der Waals surface area contributed by atoms with Crippen molar-refractivity contribution in [1.82, 2.24) is 5.32 Å². The van der Waals surface area contributed by atoms with Gasteiger partial charge in [0.05, 0.1) is 59.5 Å². The topological polar surface area (TPSA) is 75.3 Å². The maximum atomic E-state index is 10.8. The third-order valence-electron chi connectivity index (χ3n) is 2.28. The van der Waals surface area contributed by atoms with E-state index in [4.69, 9.17) is 23.7 Å². The molecule has 7 nitrogen and oxygen atoms in total. The Hall–Kier alpha value is -0.990. The third kappa shape index (κ3) is 17.0. The molecule has 124 valence electrons. The largest absolute Gasteiger partial charge is 0.382 e. The predicted octanol–water partition coefficient (Wildman–Crippen LogP) is 0.00140. The minimum atomic E-state index is -0.196. The fourth-order valence-electron chi connectivity index (χ4n) is 1.22. The molecule has 0 aliphatic rings. The van der Waals surface area contributed by atoms with Crippen LogP contribution in [0.2, 0.25) is 0 Å².